The number of hydrogen-bond donors (Lipinski definition) is 1. The van der Waals surface area contributed by atoms with E-state index >= 15 is 0 Å². The van der Waals surface area contributed by atoms with E-state index in [0.29, 0.717) is 0 Å². The SMILES string of the molecule is Cc1cccc(C(O)CCc2ccccc2C)c1. The molecule has 1 N–H and O–H groups in total. The molecule has 2 aromatic rings. The molecule has 0 saturated carbocycles. The highest BCUT2D eigenvalue weighted by molar-refractivity contribution is 5.27. The van der Waals surface area contributed by atoms with Crippen LogP contribution in [-0.4, -0.2) is 5.11 Å². The lowest BCUT2D eigenvalue weighted by molar-refractivity contribution is 0.167. The van der Waals surface area contributed by atoms with E-state index in [2.05, 4.69) is 50.2 Å². The Bertz CT molecular complexity index is 517. The lowest BCUT2D eigenvalue weighted by Crippen LogP contribution is -2.00. The van der Waals surface area contributed by atoms with Crippen LogP contribution >= 0.6 is 0 Å². The first kappa shape index (κ1) is 12.8. The minimum Gasteiger partial charge on any atom is -0.388 e. The van der Waals surface area contributed by atoms with Crippen molar-refractivity contribution < 1.29 is 5.11 Å². The second kappa shape index (κ2) is 5.83. The topological polar surface area (TPSA) is 20.2 Å². The van der Waals surface area contributed by atoms with Crippen molar-refractivity contribution in [2.24, 2.45) is 0 Å². The van der Waals surface area contributed by atoms with Gasteiger partial charge in [-0.1, -0.05) is 54.1 Å². The molecule has 1 unspecified atom stereocenters. The zero-order valence-electron chi connectivity index (χ0n) is 11.1. The third kappa shape index (κ3) is 3.21. The molecule has 0 aromatic heterocycles. The van der Waals surface area contributed by atoms with Gasteiger partial charge in [0.1, 0.15) is 0 Å². The summed E-state index contributed by atoms with van der Waals surface area (Å²) < 4.78 is 0. The van der Waals surface area contributed by atoms with E-state index in [0.717, 1.165) is 18.4 Å². The fourth-order valence-corrected chi connectivity index (χ4v) is 2.23. The molecule has 0 aliphatic heterocycles. The summed E-state index contributed by atoms with van der Waals surface area (Å²) in [5.74, 6) is 0. The summed E-state index contributed by atoms with van der Waals surface area (Å²) in [6, 6.07) is 16.5. The van der Waals surface area contributed by atoms with Gasteiger partial charge < -0.3 is 5.11 Å². The van der Waals surface area contributed by atoms with Gasteiger partial charge >= 0.3 is 0 Å². The number of aliphatic hydroxyl groups excluding tert-OH is 1. The van der Waals surface area contributed by atoms with E-state index in [1.165, 1.54) is 16.7 Å². The molecule has 1 nitrogen and oxygen atoms in total. The molecule has 0 aliphatic carbocycles. The highest BCUT2D eigenvalue weighted by Crippen LogP contribution is 2.21. The number of aryl methyl sites for hydroxylation is 3. The molecule has 0 aliphatic rings. The summed E-state index contributed by atoms with van der Waals surface area (Å²) in [6.07, 6.45) is 1.32. The van der Waals surface area contributed by atoms with Gasteiger partial charge in [-0.3, -0.25) is 0 Å². The lowest BCUT2D eigenvalue weighted by Gasteiger charge is -2.12. The van der Waals surface area contributed by atoms with Crippen LogP contribution in [0.25, 0.3) is 0 Å². The molecule has 94 valence electrons. The van der Waals surface area contributed by atoms with Gasteiger partial charge in [0, 0.05) is 0 Å². The van der Waals surface area contributed by atoms with Crippen molar-refractivity contribution in [2.75, 3.05) is 0 Å². The lowest BCUT2D eigenvalue weighted by atomic mass is 9.98. The highest BCUT2D eigenvalue weighted by atomic mass is 16.3. The summed E-state index contributed by atoms with van der Waals surface area (Å²) >= 11 is 0. The summed E-state index contributed by atoms with van der Waals surface area (Å²) in [5.41, 5.74) is 4.84. The molecule has 1 heteroatoms. The molecule has 18 heavy (non-hydrogen) atoms. The van der Waals surface area contributed by atoms with E-state index in [1.807, 2.05) is 12.1 Å². The summed E-state index contributed by atoms with van der Waals surface area (Å²) in [7, 11) is 0. The number of aliphatic hydroxyl groups is 1. The van der Waals surface area contributed by atoms with Crippen molar-refractivity contribution in [3.05, 3.63) is 70.8 Å². The quantitative estimate of drug-likeness (QED) is 0.857. The average Bonchev–Trinajstić information content (AvgIpc) is 2.37. The standard InChI is InChI=1S/C17H20O/c1-13-6-5-9-16(12-13)17(18)11-10-15-8-4-3-7-14(15)2/h3-9,12,17-18H,10-11H2,1-2H3. The van der Waals surface area contributed by atoms with Crippen molar-refractivity contribution in [3.63, 3.8) is 0 Å². The van der Waals surface area contributed by atoms with Crippen LogP contribution in [-0.2, 0) is 6.42 Å². The molecule has 0 heterocycles. The van der Waals surface area contributed by atoms with Crippen molar-refractivity contribution in [1.82, 2.24) is 0 Å². The van der Waals surface area contributed by atoms with Gasteiger partial charge in [0.25, 0.3) is 0 Å². The molecule has 0 fully saturated rings. The van der Waals surface area contributed by atoms with Crippen LogP contribution < -0.4 is 0 Å². The zero-order chi connectivity index (χ0) is 13.0. The second-order valence-corrected chi connectivity index (χ2v) is 4.90. The van der Waals surface area contributed by atoms with Gasteiger partial charge in [0.2, 0.25) is 0 Å². The Balaban J connectivity index is 2.00. The number of hydrogen-bond acceptors (Lipinski definition) is 1. The molecular weight excluding hydrogens is 220 g/mol. The van der Waals surface area contributed by atoms with Crippen molar-refractivity contribution in [3.8, 4) is 0 Å². The van der Waals surface area contributed by atoms with Crippen LogP contribution in [0, 0.1) is 13.8 Å². The Hall–Kier alpha value is -1.60. The molecule has 0 saturated heterocycles. The third-order valence-electron chi connectivity index (χ3n) is 3.38. The van der Waals surface area contributed by atoms with Crippen LogP contribution in [0.4, 0.5) is 0 Å². The normalized spacial score (nSPS) is 12.4. The van der Waals surface area contributed by atoms with Crippen LogP contribution in [0.15, 0.2) is 48.5 Å². The van der Waals surface area contributed by atoms with Gasteiger partial charge in [-0.05, 0) is 43.4 Å². The minimum absolute atomic E-state index is 0.371. The Kier molecular flexibility index (Phi) is 4.16. The fourth-order valence-electron chi connectivity index (χ4n) is 2.23. The Morgan fingerprint density at radius 2 is 1.78 bits per heavy atom. The molecule has 0 bridgehead atoms. The smallest absolute Gasteiger partial charge is 0.0793 e. The van der Waals surface area contributed by atoms with Crippen LogP contribution in [0.1, 0.15) is 34.8 Å². The van der Waals surface area contributed by atoms with Crippen LogP contribution in [0.2, 0.25) is 0 Å². The zero-order valence-corrected chi connectivity index (χ0v) is 11.1. The molecule has 0 amide bonds. The van der Waals surface area contributed by atoms with Crippen molar-refractivity contribution in [1.29, 1.82) is 0 Å². The summed E-state index contributed by atoms with van der Waals surface area (Å²) in [6.45, 7) is 4.17. The predicted octanol–water partition coefficient (Wildman–Crippen LogP) is 3.97. The van der Waals surface area contributed by atoms with E-state index in [9.17, 15) is 5.11 Å². The maximum atomic E-state index is 10.2. The Morgan fingerprint density at radius 1 is 1.00 bits per heavy atom. The van der Waals surface area contributed by atoms with Crippen LogP contribution in [0.3, 0.4) is 0 Å². The fraction of sp³-hybridized carbons (Fsp3) is 0.294. The Labute approximate surface area is 109 Å². The van der Waals surface area contributed by atoms with Gasteiger partial charge in [0.15, 0.2) is 0 Å². The molecule has 0 spiro atoms. The van der Waals surface area contributed by atoms with Gasteiger partial charge in [-0.25, -0.2) is 0 Å². The maximum absolute atomic E-state index is 10.2. The first-order valence-corrected chi connectivity index (χ1v) is 6.46. The first-order valence-electron chi connectivity index (χ1n) is 6.46. The van der Waals surface area contributed by atoms with Gasteiger partial charge in [0.05, 0.1) is 6.10 Å². The van der Waals surface area contributed by atoms with E-state index in [-0.39, 0.29) is 6.10 Å². The van der Waals surface area contributed by atoms with Crippen LogP contribution in [0.5, 0.6) is 0 Å². The highest BCUT2D eigenvalue weighted by Gasteiger charge is 2.08. The molecule has 0 radical (unpaired) electrons. The summed E-state index contributed by atoms with van der Waals surface area (Å²) in [5, 5.41) is 10.2. The molecule has 2 aromatic carbocycles. The van der Waals surface area contributed by atoms with Gasteiger partial charge in [-0.2, -0.15) is 0 Å². The van der Waals surface area contributed by atoms with E-state index in [4.69, 9.17) is 0 Å². The first-order chi connectivity index (χ1) is 8.66. The van der Waals surface area contributed by atoms with Crippen molar-refractivity contribution in [2.45, 2.75) is 32.8 Å². The molecule has 2 rings (SSSR count). The predicted molar refractivity (Wildman–Crippen MR) is 75.6 cm³/mol. The minimum atomic E-state index is -0.371. The second-order valence-electron chi connectivity index (χ2n) is 4.90. The van der Waals surface area contributed by atoms with E-state index < -0.39 is 0 Å². The maximum Gasteiger partial charge on any atom is 0.0793 e. The Morgan fingerprint density at radius 3 is 2.50 bits per heavy atom. The summed E-state index contributed by atoms with van der Waals surface area (Å²) in [4.78, 5) is 0. The monoisotopic (exact) mass is 240 g/mol. The third-order valence-corrected chi connectivity index (χ3v) is 3.38. The molecular formula is C17H20O. The van der Waals surface area contributed by atoms with Gasteiger partial charge in [-0.15, -0.1) is 0 Å². The number of benzene rings is 2. The van der Waals surface area contributed by atoms with E-state index in [1.54, 1.807) is 0 Å². The largest absolute Gasteiger partial charge is 0.388 e. The van der Waals surface area contributed by atoms with Crippen molar-refractivity contribution >= 4 is 0 Å². The average molecular weight is 240 g/mol. The number of rotatable bonds is 4. The molecule has 1 atom stereocenters.